The van der Waals surface area contributed by atoms with Gasteiger partial charge >= 0.3 is 11.9 Å². The van der Waals surface area contributed by atoms with Crippen molar-refractivity contribution in [3.63, 3.8) is 0 Å². The topological polar surface area (TPSA) is 119 Å². The third-order valence-electron chi connectivity index (χ3n) is 5.45. The number of benzene rings is 2. The van der Waals surface area contributed by atoms with Crippen LogP contribution in [0.1, 0.15) is 43.9 Å². The first-order chi connectivity index (χ1) is 17.8. The number of esters is 2. The zero-order valence-electron chi connectivity index (χ0n) is 21.1. The van der Waals surface area contributed by atoms with Gasteiger partial charge in [-0.15, -0.1) is 0 Å². The third kappa shape index (κ3) is 7.05. The molecule has 0 unspecified atom stereocenters. The number of hydrogen-bond donors (Lipinski definition) is 1. The lowest BCUT2D eigenvalue weighted by Gasteiger charge is -2.24. The summed E-state index contributed by atoms with van der Waals surface area (Å²) in [5, 5.41) is 3.16. The Hall–Kier alpha value is -3.50. The van der Waals surface area contributed by atoms with Gasteiger partial charge in [-0.25, -0.2) is 0 Å². The molecule has 0 aromatic heterocycles. The van der Waals surface area contributed by atoms with Gasteiger partial charge in [-0.3, -0.25) is 14.4 Å². The van der Waals surface area contributed by atoms with E-state index in [0.717, 1.165) is 0 Å². The highest BCUT2D eigenvalue weighted by Gasteiger charge is 2.37. The molecule has 3 rings (SSSR count). The Morgan fingerprint density at radius 1 is 1.05 bits per heavy atom. The molecule has 0 spiro atoms. The molecule has 200 valence electrons. The predicted molar refractivity (Wildman–Crippen MR) is 134 cm³/mol. The van der Waals surface area contributed by atoms with Crippen LogP contribution in [0.4, 0.5) is 5.69 Å². The van der Waals surface area contributed by atoms with Crippen LogP contribution in [-0.2, 0) is 28.6 Å². The minimum Gasteiger partial charge on any atom is -0.493 e. The van der Waals surface area contributed by atoms with Gasteiger partial charge in [0.15, 0.2) is 11.5 Å². The van der Waals surface area contributed by atoms with Crippen LogP contribution >= 0.6 is 11.6 Å². The van der Waals surface area contributed by atoms with Crippen LogP contribution in [0.3, 0.4) is 0 Å². The molecule has 1 N–H and O–H groups in total. The number of nitrogens with one attached hydrogen (secondary N) is 1. The summed E-state index contributed by atoms with van der Waals surface area (Å²) >= 11 is 6.45. The second-order valence-electron chi connectivity index (χ2n) is 8.00. The molecule has 1 amide bonds. The zero-order chi connectivity index (χ0) is 26.9. The van der Waals surface area contributed by atoms with E-state index in [2.05, 4.69) is 5.32 Å². The molecular weight excluding hydrogens is 506 g/mol. The van der Waals surface area contributed by atoms with Gasteiger partial charge in [0.1, 0.15) is 18.0 Å². The average molecular weight is 536 g/mol. The Labute approximate surface area is 220 Å². The van der Waals surface area contributed by atoms with Gasteiger partial charge in [0, 0.05) is 35.6 Å². The van der Waals surface area contributed by atoms with Crippen molar-refractivity contribution in [2.45, 2.75) is 38.9 Å². The number of carbonyl (C=O) groups excluding carboxylic acids is 3. The Bertz CT molecular complexity index is 1140. The van der Waals surface area contributed by atoms with E-state index in [-0.39, 0.29) is 32.2 Å². The second kappa shape index (κ2) is 13.2. The van der Waals surface area contributed by atoms with Crippen LogP contribution in [0.25, 0.3) is 0 Å². The number of fused-ring (bicyclic) bond motifs is 1. The first kappa shape index (κ1) is 28.1. The largest absolute Gasteiger partial charge is 0.493 e. The number of halogens is 1. The van der Waals surface area contributed by atoms with Crippen molar-refractivity contribution in [3.8, 4) is 17.2 Å². The van der Waals surface area contributed by atoms with E-state index >= 15 is 0 Å². The fraction of sp³-hybridized carbons (Fsp3) is 0.423. The normalized spacial score (nSPS) is 16.6. The highest BCUT2D eigenvalue weighted by Crippen LogP contribution is 2.46. The molecular formula is C26H30ClNO9. The summed E-state index contributed by atoms with van der Waals surface area (Å²) in [5.74, 6) is -0.362. The quantitative estimate of drug-likeness (QED) is 0.335. The standard InChI is InChI=1S/C26H30ClNO9/c1-5-34-22(30)14-21-26(31)28-23-18(12-16(27)13-20(23)36-11-7-10-35-15(2)29)24(37-21)17-8-6-9-19(32-3)25(17)33-4/h6,8-9,12-13,21,24H,5,7,10-11,14H2,1-4H3,(H,28,31)/t21-,24-/m0/s1. The smallest absolute Gasteiger partial charge is 0.308 e. The molecule has 0 aliphatic carbocycles. The molecule has 10 nitrogen and oxygen atoms in total. The number of anilines is 1. The molecule has 11 heteroatoms. The summed E-state index contributed by atoms with van der Waals surface area (Å²) in [6, 6.07) is 8.48. The Morgan fingerprint density at radius 2 is 1.84 bits per heavy atom. The summed E-state index contributed by atoms with van der Waals surface area (Å²) in [6.45, 7) is 3.54. The van der Waals surface area contributed by atoms with Crippen molar-refractivity contribution in [1.29, 1.82) is 0 Å². The number of rotatable bonds is 11. The van der Waals surface area contributed by atoms with Crippen LogP contribution in [-0.4, -0.2) is 58.0 Å². The molecule has 1 aliphatic rings. The lowest BCUT2D eigenvalue weighted by molar-refractivity contribution is -0.150. The van der Waals surface area contributed by atoms with Gasteiger partial charge in [-0.2, -0.15) is 0 Å². The summed E-state index contributed by atoms with van der Waals surface area (Å²) in [7, 11) is 3.00. The molecule has 0 fully saturated rings. The number of hydrogen-bond acceptors (Lipinski definition) is 9. The van der Waals surface area contributed by atoms with Gasteiger partial charge < -0.3 is 33.7 Å². The number of ether oxygens (including phenoxy) is 6. The predicted octanol–water partition coefficient (Wildman–Crippen LogP) is 4.07. The van der Waals surface area contributed by atoms with E-state index in [1.807, 2.05) is 0 Å². The molecule has 1 heterocycles. The first-order valence-corrected chi connectivity index (χ1v) is 12.1. The molecule has 0 saturated carbocycles. The maximum atomic E-state index is 13.2. The molecule has 2 aromatic rings. The van der Waals surface area contributed by atoms with Gasteiger partial charge in [0.2, 0.25) is 0 Å². The monoisotopic (exact) mass is 535 g/mol. The summed E-state index contributed by atoms with van der Waals surface area (Å²) < 4.78 is 33.2. The van der Waals surface area contributed by atoms with Gasteiger partial charge in [0.05, 0.1) is 46.1 Å². The van der Waals surface area contributed by atoms with Crippen molar-refractivity contribution in [2.24, 2.45) is 0 Å². The molecule has 1 aliphatic heterocycles. The van der Waals surface area contributed by atoms with Crippen molar-refractivity contribution in [2.75, 3.05) is 39.4 Å². The molecule has 2 aromatic carbocycles. The first-order valence-electron chi connectivity index (χ1n) is 11.7. The van der Waals surface area contributed by atoms with Crippen LogP contribution in [0.15, 0.2) is 30.3 Å². The van der Waals surface area contributed by atoms with Gasteiger partial charge in [-0.1, -0.05) is 23.7 Å². The maximum Gasteiger partial charge on any atom is 0.308 e. The van der Waals surface area contributed by atoms with E-state index in [4.69, 9.17) is 40.0 Å². The lowest BCUT2D eigenvalue weighted by Crippen LogP contribution is -2.32. The van der Waals surface area contributed by atoms with Crippen molar-refractivity contribution in [1.82, 2.24) is 0 Å². The van der Waals surface area contributed by atoms with Gasteiger partial charge in [-0.05, 0) is 19.1 Å². The number of amides is 1. The van der Waals surface area contributed by atoms with E-state index in [1.165, 1.54) is 21.1 Å². The Morgan fingerprint density at radius 3 is 2.51 bits per heavy atom. The number of methoxy groups -OCH3 is 2. The molecule has 37 heavy (non-hydrogen) atoms. The van der Waals surface area contributed by atoms with Crippen LogP contribution in [0.2, 0.25) is 5.02 Å². The maximum absolute atomic E-state index is 13.2. The van der Waals surface area contributed by atoms with E-state index in [1.54, 1.807) is 37.3 Å². The van der Waals surface area contributed by atoms with Crippen molar-refractivity contribution in [3.05, 3.63) is 46.5 Å². The zero-order valence-corrected chi connectivity index (χ0v) is 21.9. The summed E-state index contributed by atoms with van der Waals surface area (Å²) in [5.41, 5.74) is 1.38. The molecule has 0 saturated heterocycles. The summed E-state index contributed by atoms with van der Waals surface area (Å²) in [4.78, 5) is 36.5. The van der Waals surface area contributed by atoms with Crippen LogP contribution in [0, 0.1) is 0 Å². The third-order valence-corrected chi connectivity index (χ3v) is 5.66. The van der Waals surface area contributed by atoms with Crippen molar-refractivity contribution < 1.29 is 42.8 Å². The summed E-state index contributed by atoms with van der Waals surface area (Å²) in [6.07, 6.45) is -1.95. The molecule has 0 radical (unpaired) electrons. The highest BCUT2D eigenvalue weighted by atomic mass is 35.5. The molecule has 2 atom stereocenters. The highest BCUT2D eigenvalue weighted by molar-refractivity contribution is 6.31. The fourth-order valence-electron chi connectivity index (χ4n) is 3.89. The number of carbonyl (C=O) groups is 3. The van der Waals surface area contributed by atoms with Crippen molar-refractivity contribution >= 4 is 35.1 Å². The van der Waals surface area contributed by atoms with E-state index < -0.39 is 24.1 Å². The minimum atomic E-state index is -1.18. The lowest BCUT2D eigenvalue weighted by atomic mass is 9.98. The van der Waals surface area contributed by atoms with E-state index in [9.17, 15) is 14.4 Å². The SMILES string of the molecule is CCOC(=O)C[C@@H]1O[C@@H](c2cccc(OC)c2OC)c2cc(Cl)cc(OCCCOC(C)=O)c2NC1=O. The fourth-order valence-corrected chi connectivity index (χ4v) is 4.10. The number of para-hydroxylation sites is 1. The molecule has 0 bridgehead atoms. The second-order valence-corrected chi connectivity index (χ2v) is 8.43. The van der Waals surface area contributed by atoms with Crippen LogP contribution < -0.4 is 19.5 Å². The van der Waals surface area contributed by atoms with Gasteiger partial charge in [0.25, 0.3) is 5.91 Å². The Balaban J connectivity index is 2.06. The van der Waals surface area contributed by atoms with Crippen LogP contribution in [0.5, 0.6) is 17.2 Å². The Kier molecular flexibility index (Phi) is 9.99. The average Bonchev–Trinajstić information content (AvgIpc) is 2.99. The minimum absolute atomic E-state index is 0.168. The van der Waals surface area contributed by atoms with E-state index in [0.29, 0.717) is 45.5 Å².